The fourth-order valence-corrected chi connectivity index (χ4v) is 5.27. The van der Waals surface area contributed by atoms with Gasteiger partial charge in [0.25, 0.3) is 0 Å². The fraction of sp³-hybridized carbons (Fsp3) is 0. The second kappa shape index (κ2) is 8.90. The van der Waals surface area contributed by atoms with Gasteiger partial charge in [0.1, 0.15) is 28.5 Å². The van der Waals surface area contributed by atoms with Gasteiger partial charge in [-0.05, 0) is 54.3 Å². The fourth-order valence-electron chi connectivity index (χ4n) is 3.13. The van der Waals surface area contributed by atoms with E-state index in [1.54, 1.807) is 54.6 Å². The second-order valence-corrected chi connectivity index (χ2v) is 10.1. The molecule has 0 aliphatic carbocycles. The molecule has 5 rings (SSSR count). The Kier molecular flexibility index (Phi) is 5.63. The van der Waals surface area contributed by atoms with Crippen LogP contribution in [0, 0.1) is 11.8 Å². The number of anilines is 3. The first-order chi connectivity index (χ1) is 16.5. The molecule has 0 saturated heterocycles. The molecule has 3 aromatic heterocycles. The summed E-state index contributed by atoms with van der Waals surface area (Å²) in [7, 11) is -3.58. The Morgan fingerprint density at radius 2 is 1.62 bits per heavy atom. The Hall–Kier alpha value is -4.33. The molecule has 0 fully saturated rings. The van der Waals surface area contributed by atoms with Crippen LogP contribution in [0.2, 0.25) is 0 Å². The van der Waals surface area contributed by atoms with Crippen LogP contribution in [0.4, 0.5) is 17.3 Å². The predicted molar refractivity (Wildman–Crippen MR) is 131 cm³/mol. The number of aromatic nitrogens is 4. The summed E-state index contributed by atoms with van der Waals surface area (Å²) >= 11 is 1.43. The molecule has 2 aromatic carbocycles. The van der Waals surface area contributed by atoms with E-state index in [1.807, 2.05) is 6.07 Å². The standard InChI is InChI=1S/C24H16N6O2S2/c25-22-14-26-17(13-27-22)6-9-18-12-21-23(28-15-29-24(21)33-18)30-16-7-10-20(11-8-16)34(31,32)19-4-2-1-3-5-19/h1-5,7-8,10-15H,(H2,25,27)(H,28,29,30). The number of thiophene rings is 1. The zero-order valence-corrected chi connectivity index (χ0v) is 19.1. The molecular formula is C24H16N6O2S2. The molecule has 0 amide bonds. The van der Waals surface area contributed by atoms with E-state index in [1.165, 1.54) is 30.1 Å². The van der Waals surface area contributed by atoms with Crippen LogP contribution >= 0.6 is 11.3 Å². The van der Waals surface area contributed by atoms with Crippen molar-refractivity contribution >= 4 is 48.7 Å². The molecule has 0 aliphatic rings. The predicted octanol–water partition coefficient (Wildman–Crippen LogP) is 4.04. The van der Waals surface area contributed by atoms with Gasteiger partial charge in [0.2, 0.25) is 9.84 Å². The number of nitrogens with one attached hydrogen (secondary N) is 1. The van der Waals surface area contributed by atoms with Gasteiger partial charge in [-0.2, -0.15) is 0 Å². The monoisotopic (exact) mass is 484 g/mol. The summed E-state index contributed by atoms with van der Waals surface area (Å²) in [4.78, 5) is 18.8. The first-order valence-electron chi connectivity index (χ1n) is 10.0. The maximum absolute atomic E-state index is 12.8. The normalized spacial score (nSPS) is 11.1. The molecule has 10 heteroatoms. The van der Waals surface area contributed by atoms with E-state index < -0.39 is 9.84 Å². The van der Waals surface area contributed by atoms with Gasteiger partial charge in [0.05, 0.1) is 32.4 Å². The van der Waals surface area contributed by atoms with Crippen molar-refractivity contribution in [3.63, 3.8) is 0 Å². The number of benzene rings is 2. The number of fused-ring (bicyclic) bond motifs is 1. The third-order valence-corrected chi connectivity index (χ3v) is 7.54. The molecule has 0 aliphatic heterocycles. The smallest absolute Gasteiger partial charge is 0.206 e. The number of hydrogen-bond donors (Lipinski definition) is 2. The van der Waals surface area contributed by atoms with Crippen LogP contribution in [0.15, 0.2) is 89.2 Å². The van der Waals surface area contributed by atoms with Gasteiger partial charge in [-0.1, -0.05) is 18.2 Å². The Morgan fingerprint density at radius 1 is 0.853 bits per heavy atom. The van der Waals surface area contributed by atoms with E-state index >= 15 is 0 Å². The van der Waals surface area contributed by atoms with E-state index in [2.05, 4.69) is 37.1 Å². The lowest BCUT2D eigenvalue weighted by Crippen LogP contribution is -2.02. The van der Waals surface area contributed by atoms with Crippen molar-refractivity contribution in [1.82, 2.24) is 19.9 Å². The van der Waals surface area contributed by atoms with Gasteiger partial charge < -0.3 is 11.1 Å². The topological polar surface area (TPSA) is 124 Å². The number of nitrogen functional groups attached to an aromatic ring is 1. The molecule has 0 bridgehead atoms. The zero-order valence-electron chi connectivity index (χ0n) is 17.5. The van der Waals surface area contributed by atoms with Gasteiger partial charge >= 0.3 is 0 Å². The van der Waals surface area contributed by atoms with Crippen molar-refractivity contribution in [3.8, 4) is 11.8 Å². The quantitative estimate of drug-likeness (QED) is 0.366. The molecule has 8 nitrogen and oxygen atoms in total. The number of sulfone groups is 1. The maximum Gasteiger partial charge on any atom is 0.206 e. The number of nitrogens with zero attached hydrogens (tertiary/aromatic N) is 4. The Bertz CT molecular complexity index is 1640. The highest BCUT2D eigenvalue weighted by Gasteiger charge is 2.17. The zero-order chi connectivity index (χ0) is 23.5. The van der Waals surface area contributed by atoms with Gasteiger partial charge in [-0.15, -0.1) is 11.3 Å². The first kappa shape index (κ1) is 21.5. The summed E-state index contributed by atoms with van der Waals surface area (Å²) in [6.07, 6.45) is 4.45. The largest absolute Gasteiger partial charge is 0.382 e. The molecule has 0 radical (unpaired) electrons. The molecule has 3 N–H and O–H groups in total. The summed E-state index contributed by atoms with van der Waals surface area (Å²) < 4.78 is 25.6. The van der Waals surface area contributed by atoms with Crippen LogP contribution in [0.5, 0.6) is 0 Å². The van der Waals surface area contributed by atoms with Crippen LogP contribution in [-0.2, 0) is 9.84 Å². The SMILES string of the molecule is Nc1cnc(C#Cc2cc3c(Nc4ccc(S(=O)(=O)c5ccccc5)cc4)ncnc3s2)cn1. The molecule has 166 valence electrons. The van der Waals surface area contributed by atoms with Gasteiger partial charge in [0.15, 0.2) is 0 Å². The maximum atomic E-state index is 12.8. The van der Waals surface area contributed by atoms with Crippen LogP contribution in [0.3, 0.4) is 0 Å². The molecule has 0 unspecified atom stereocenters. The van der Waals surface area contributed by atoms with E-state index in [4.69, 9.17) is 5.73 Å². The molecule has 3 heterocycles. The minimum Gasteiger partial charge on any atom is -0.382 e. The molecule has 5 aromatic rings. The van der Waals surface area contributed by atoms with Gasteiger partial charge in [-0.3, -0.25) is 0 Å². The number of nitrogens with two attached hydrogens (primary N) is 1. The van der Waals surface area contributed by atoms with E-state index in [-0.39, 0.29) is 9.79 Å². The Balaban J connectivity index is 1.39. The Morgan fingerprint density at radius 3 is 2.35 bits per heavy atom. The molecule has 34 heavy (non-hydrogen) atoms. The summed E-state index contributed by atoms with van der Waals surface area (Å²) in [5, 5.41) is 4.04. The van der Waals surface area contributed by atoms with E-state index in [0.717, 1.165) is 15.1 Å². The van der Waals surface area contributed by atoms with Gasteiger partial charge in [0, 0.05) is 5.69 Å². The molecular weight excluding hydrogens is 468 g/mol. The van der Waals surface area contributed by atoms with Crippen molar-refractivity contribution < 1.29 is 8.42 Å². The minimum absolute atomic E-state index is 0.218. The summed E-state index contributed by atoms with van der Waals surface area (Å²) in [5.41, 5.74) is 6.76. The average molecular weight is 485 g/mol. The second-order valence-electron chi connectivity index (χ2n) is 7.09. The Labute approximate surface area is 199 Å². The number of rotatable bonds is 4. The van der Waals surface area contributed by atoms with Crippen molar-refractivity contribution in [3.05, 3.63) is 90.0 Å². The first-order valence-corrected chi connectivity index (χ1v) is 12.3. The van der Waals surface area contributed by atoms with Crippen LogP contribution in [0.1, 0.15) is 10.6 Å². The summed E-state index contributed by atoms with van der Waals surface area (Å²) in [6, 6.07) is 16.8. The lowest BCUT2D eigenvalue weighted by Gasteiger charge is -2.08. The van der Waals surface area contributed by atoms with Gasteiger partial charge in [-0.25, -0.2) is 28.4 Å². The van der Waals surface area contributed by atoms with Crippen molar-refractivity contribution in [2.75, 3.05) is 11.1 Å². The minimum atomic E-state index is -3.58. The molecule has 0 saturated carbocycles. The van der Waals surface area contributed by atoms with E-state index in [9.17, 15) is 8.42 Å². The van der Waals surface area contributed by atoms with E-state index in [0.29, 0.717) is 23.0 Å². The third-order valence-electron chi connectivity index (χ3n) is 4.80. The summed E-state index contributed by atoms with van der Waals surface area (Å²) in [5.74, 6) is 6.96. The van der Waals surface area contributed by atoms with Crippen molar-refractivity contribution in [2.45, 2.75) is 9.79 Å². The number of hydrogen-bond acceptors (Lipinski definition) is 9. The lowest BCUT2D eigenvalue weighted by atomic mass is 10.3. The van der Waals surface area contributed by atoms with Crippen LogP contribution in [-0.4, -0.2) is 28.4 Å². The summed E-state index contributed by atoms with van der Waals surface area (Å²) in [6.45, 7) is 0. The van der Waals surface area contributed by atoms with Crippen LogP contribution < -0.4 is 11.1 Å². The highest BCUT2D eigenvalue weighted by atomic mass is 32.2. The van der Waals surface area contributed by atoms with Crippen molar-refractivity contribution in [2.24, 2.45) is 0 Å². The molecule has 0 atom stereocenters. The van der Waals surface area contributed by atoms with Crippen molar-refractivity contribution in [1.29, 1.82) is 0 Å². The van der Waals surface area contributed by atoms with Crippen LogP contribution in [0.25, 0.3) is 10.2 Å². The molecule has 0 spiro atoms. The highest BCUT2D eigenvalue weighted by Crippen LogP contribution is 2.30. The highest BCUT2D eigenvalue weighted by molar-refractivity contribution is 7.91. The lowest BCUT2D eigenvalue weighted by molar-refractivity contribution is 0.596. The third kappa shape index (κ3) is 4.43. The average Bonchev–Trinajstić information content (AvgIpc) is 3.29.